The molecule has 3 atom stereocenters. The zero-order valence-corrected chi connectivity index (χ0v) is 37.3. The van der Waals surface area contributed by atoms with Gasteiger partial charge in [-0.25, -0.2) is 23.8 Å². The molecule has 2 aromatic carbocycles. The molecule has 18 heteroatoms. The van der Waals surface area contributed by atoms with Crippen molar-refractivity contribution in [2.75, 3.05) is 13.1 Å². The topological polar surface area (TPSA) is 255 Å². The molecule has 0 saturated heterocycles. The standard InChI is InChI=1S/C41H64N8O9S/c1-23-24(2)33(25(3)30-21-41(11,12)57-32(23)30)59(54,55)49-37(42)44-19-13-14-28(35(51)48-43)22-45-36(52)31(20-27-15-17-29(18-16-27)56-39(5,6)7)47-34(50)26(4)46-38(53)58-40(8,9)10/h15-18,26,28,31H,13-14,19-22,43H2,1-12H3,(H,45,52)(H,46,53)(H,47,50)(H,48,51)(H3,42,44,49)/t26-,28?,31-/m0/s1. The van der Waals surface area contributed by atoms with Crippen molar-refractivity contribution in [1.29, 1.82) is 0 Å². The number of nitrogens with zero attached hydrogens (tertiary/aromatic N) is 1. The summed E-state index contributed by atoms with van der Waals surface area (Å²) in [5.74, 6) is 3.88. The molecule has 0 bridgehead atoms. The molecular formula is C41H64N8O9S. The van der Waals surface area contributed by atoms with Crippen LogP contribution in [-0.4, -0.2) is 80.2 Å². The van der Waals surface area contributed by atoms with Gasteiger partial charge in [0, 0.05) is 31.5 Å². The predicted octanol–water partition coefficient (Wildman–Crippen LogP) is 3.24. The van der Waals surface area contributed by atoms with E-state index >= 15 is 0 Å². The Morgan fingerprint density at radius 3 is 2.12 bits per heavy atom. The van der Waals surface area contributed by atoms with E-state index in [4.69, 9.17) is 25.8 Å². The van der Waals surface area contributed by atoms with Gasteiger partial charge in [-0.05, 0) is 130 Å². The van der Waals surface area contributed by atoms with Crippen LogP contribution in [-0.2, 0) is 42.0 Å². The van der Waals surface area contributed by atoms with Crippen molar-refractivity contribution in [2.24, 2.45) is 22.5 Å². The lowest BCUT2D eigenvalue weighted by molar-refractivity contribution is -0.130. The number of carbonyl (C=O) groups is 4. The van der Waals surface area contributed by atoms with Gasteiger partial charge in [-0.15, -0.1) is 0 Å². The molecule has 0 spiro atoms. The van der Waals surface area contributed by atoms with E-state index in [-0.39, 0.29) is 43.2 Å². The number of aliphatic imine (C=N–C) groups is 1. The van der Waals surface area contributed by atoms with Crippen molar-refractivity contribution in [3.63, 3.8) is 0 Å². The van der Waals surface area contributed by atoms with Crippen LogP contribution in [0.2, 0.25) is 0 Å². The van der Waals surface area contributed by atoms with Gasteiger partial charge >= 0.3 is 6.09 Å². The Kier molecular flexibility index (Phi) is 15.8. The number of nitrogens with one attached hydrogen (secondary N) is 5. The molecule has 1 unspecified atom stereocenters. The van der Waals surface area contributed by atoms with Crippen LogP contribution in [0.3, 0.4) is 0 Å². The summed E-state index contributed by atoms with van der Waals surface area (Å²) in [5, 5.41) is 7.92. The fourth-order valence-corrected chi connectivity index (χ4v) is 8.06. The largest absolute Gasteiger partial charge is 0.488 e. The second kappa shape index (κ2) is 19.3. The first-order chi connectivity index (χ1) is 27.1. The predicted molar refractivity (Wildman–Crippen MR) is 225 cm³/mol. The van der Waals surface area contributed by atoms with Gasteiger partial charge in [0.05, 0.1) is 10.8 Å². The average molecular weight is 845 g/mol. The zero-order valence-electron chi connectivity index (χ0n) is 36.5. The second-order valence-corrected chi connectivity index (χ2v) is 19.1. The highest BCUT2D eigenvalue weighted by atomic mass is 32.2. The van der Waals surface area contributed by atoms with E-state index in [0.717, 1.165) is 11.1 Å². The number of hydrogen-bond acceptors (Lipinski definition) is 11. The summed E-state index contributed by atoms with van der Waals surface area (Å²) in [4.78, 5) is 56.3. The van der Waals surface area contributed by atoms with Crippen molar-refractivity contribution in [3.8, 4) is 11.5 Å². The first kappa shape index (κ1) is 48.3. The Labute approximate surface area is 348 Å². The number of carbonyl (C=O) groups excluding carboxylic acids is 4. The Hall–Kier alpha value is -5.10. The fraction of sp³-hybridized carbons (Fsp3) is 0.585. The van der Waals surface area contributed by atoms with Gasteiger partial charge in [-0.3, -0.25) is 24.8 Å². The van der Waals surface area contributed by atoms with Gasteiger partial charge in [0.15, 0.2) is 0 Å². The molecule has 3 rings (SSSR count). The van der Waals surface area contributed by atoms with Crippen LogP contribution in [0.4, 0.5) is 4.79 Å². The van der Waals surface area contributed by atoms with Crippen LogP contribution >= 0.6 is 0 Å². The molecule has 2 aromatic rings. The summed E-state index contributed by atoms with van der Waals surface area (Å²) in [7, 11) is -4.11. The molecule has 9 N–H and O–H groups in total. The van der Waals surface area contributed by atoms with E-state index in [1.54, 1.807) is 58.9 Å². The molecule has 0 radical (unpaired) electrons. The number of benzene rings is 2. The average Bonchev–Trinajstić information content (AvgIpc) is 3.44. The molecule has 1 aliphatic heterocycles. The summed E-state index contributed by atoms with van der Waals surface area (Å²) in [6, 6.07) is 4.91. The van der Waals surface area contributed by atoms with Gasteiger partial charge in [0.1, 0.15) is 40.4 Å². The Bertz CT molecular complexity index is 2000. The van der Waals surface area contributed by atoms with Crippen molar-refractivity contribution >= 4 is 39.8 Å². The number of amides is 4. The number of hydrogen-bond donors (Lipinski definition) is 7. The second-order valence-electron chi connectivity index (χ2n) is 17.5. The molecule has 0 aliphatic carbocycles. The van der Waals surface area contributed by atoms with Gasteiger partial charge in [0.2, 0.25) is 23.7 Å². The van der Waals surface area contributed by atoms with Crippen molar-refractivity contribution in [3.05, 3.63) is 52.1 Å². The third-order valence-corrected chi connectivity index (χ3v) is 11.0. The van der Waals surface area contributed by atoms with Gasteiger partial charge in [-0.2, -0.15) is 0 Å². The lowest BCUT2D eigenvalue weighted by Crippen LogP contribution is -2.54. The third kappa shape index (κ3) is 14.3. The van der Waals surface area contributed by atoms with E-state index in [1.807, 2.05) is 41.5 Å². The first-order valence-corrected chi connectivity index (χ1v) is 21.1. The minimum absolute atomic E-state index is 0.0516. The number of nitrogens with two attached hydrogens (primary N) is 2. The highest BCUT2D eigenvalue weighted by Gasteiger charge is 2.37. The van der Waals surface area contributed by atoms with E-state index in [9.17, 15) is 27.6 Å². The summed E-state index contributed by atoms with van der Waals surface area (Å²) < 4.78 is 46.8. The first-order valence-electron chi connectivity index (χ1n) is 19.6. The van der Waals surface area contributed by atoms with Crippen molar-refractivity contribution in [1.82, 2.24) is 26.1 Å². The SMILES string of the molecule is Cc1c(C)c(S(=O)(=O)NC(N)=NCCCC(CNC(=O)[C@H](Cc2ccc(OC(C)(C)C)cc2)NC(=O)[C@H](C)NC(=O)OC(C)(C)C)C(=O)NN)c(C)c2c1OC(C)(C)C2. The number of guanidine groups is 1. The van der Waals surface area contributed by atoms with Gasteiger partial charge in [0.25, 0.3) is 10.0 Å². The fourth-order valence-electron chi connectivity index (χ4n) is 6.54. The van der Waals surface area contributed by atoms with Crippen LogP contribution in [0.5, 0.6) is 11.5 Å². The Balaban J connectivity index is 1.69. The number of sulfonamides is 1. The maximum absolute atomic E-state index is 13.7. The lowest BCUT2D eigenvalue weighted by atomic mass is 9.94. The van der Waals surface area contributed by atoms with E-state index < -0.39 is 68.6 Å². The zero-order chi connectivity index (χ0) is 44.7. The molecule has 1 aliphatic rings. The number of ether oxygens (including phenoxy) is 3. The number of alkyl carbamates (subject to hydrolysis) is 1. The number of hydrazine groups is 1. The van der Waals surface area contributed by atoms with Crippen LogP contribution in [0.25, 0.3) is 0 Å². The third-order valence-electron chi connectivity index (χ3n) is 9.37. The molecule has 59 heavy (non-hydrogen) atoms. The van der Waals surface area contributed by atoms with Crippen LogP contribution in [0, 0.1) is 26.7 Å². The number of rotatable bonds is 16. The molecule has 4 amide bonds. The summed E-state index contributed by atoms with van der Waals surface area (Å²) in [6.07, 6.45) is 0.292. The summed E-state index contributed by atoms with van der Waals surface area (Å²) in [5.41, 5.74) is 9.90. The lowest BCUT2D eigenvalue weighted by Gasteiger charge is -2.24. The highest BCUT2D eigenvalue weighted by molar-refractivity contribution is 7.90. The van der Waals surface area contributed by atoms with Crippen molar-refractivity contribution in [2.45, 2.75) is 143 Å². The molecular weight excluding hydrogens is 781 g/mol. The molecule has 0 aromatic heterocycles. The van der Waals surface area contributed by atoms with Gasteiger partial charge in [-0.1, -0.05) is 12.1 Å². The highest BCUT2D eigenvalue weighted by Crippen LogP contribution is 2.43. The Morgan fingerprint density at radius 2 is 1.54 bits per heavy atom. The normalized spacial score (nSPS) is 15.4. The van der Waals surface area contributed by atoms with Crippen LogP contribution in [0.1, 0.15) is 103 Å². The van der Waals surface area contributed by atoms with E-state index in [1.165, 1.54) is 6.92 Å². The molecule has 17 nitrogen and oxygen atoms in total. The number of fused-ring (bicyclic) bond motifs is 1. The minimum Gasteiger partial charge on any atom is -0.488 e. The van der Waals surface area contributed by atoms with Gasteiger partial charge < -0.3 is 35.9 Å². The molecule has 0 fully saturated rings. The summed E-state index contributed by atoms with van der Waals surface area (Å²) >= 11 is 0. The van der Waals surface area contributed by atoms with E-state index in [0.29, 0.717) is 34.6 Å². The monoisotopic (exact) mass is 844 g/mol. The minimum atomic E-state index is -4.11. The smallest absolute Gasteiger partial charge is 0.408 e. The molecule has 328 valence electrons. The maximum atomic E-state index is 13.7. The Morgan fingerprint density at radius 1 is 0.915 bits per heavy atom. The quantitative estimate of drug-likeness (QED) is 0.0323. The van der Waals surface area contributed by atoms with E-state index in [2.05, 4.69) is 31.1 Å². The molecule has 1 heterocycles. The molecule has 0 saturated carbocycles. The van der Waals surface area contributed by atoms with Crippen LogP contribution < -0.4 is 47.1 Å². The van der Waals surface area contributed by atoms with Crippen LogP contribution in [0.15, 0.2) is 34.2 Å². The maximum Gasteiger partial charge on any atom is 0.408 e. The summed E-state index contributed by atoms with van der Waals surface area (Å²) in [6.45, 7) is 21.4. The van der Waals surface area contributed by atoms with Crippen molar-refractivity contribution < 1.29 is 41.8 Å².